The molecular weight excluding hydrogens is 537 g/mol. The highest BCUT2D eigenvalue weighted by Gasteiger charge is 2.39. The van der Waals surface area contributed by atoms with Crippen molar-refractivity contribution in [3.8, 4) is 0 Å². The van der Waals surface area contributed by atoms with Crippen molar-refractivity contribution in [2.75, 3.05) is 34.5 Å². The average molecular weight is 571 g/mol. The highest BCUT2D eigenvalue weighted by Crippen LogP contribution is 2.41. The molecule has 2 aromatic heterocycles. The topological polar surface area (TPSA) is 115 Å². The number of hydrogen-bond acceptors (Lipinski definition) is 9. The number of anilines is 4. The predicted octanol–water partition coefficient (Wildman–Crippen LogP) is 4.10. The fraction of sp³-hybridized carbons (Fsp3) is 0.393. The van der Waals surface area contributed by atoms with Crippen LogP contribution < -0.4 is 20.4 Å². The summed E-state index contributed by atoms with van der Waals surface area (Å²) in [5.41, 5.74) is 2.88. The molecule has 0 amide bonds. The van der Waals surface area contributed by atoms with Crippen molar-refractivity contribution in [3.63, 3.8) is 0 Å². The van der Waals surface area contributed by atoms with Gasteiger partial charge in [0.1, 0.15) is 12.0 Å². The lowest BCUT2D eigenvalue weighted by Crippen LogP contribution is -2.51. The highest BCUT2D eigenvalue weighted by molar-refractivity contribution is 5.66. The molecule has 41 heavy (non-hydrogen) atoms. The Kier molecular flexibility index (Phi) is 7.43. The molecule has 4 atom stereocenters. The largest absolute Gasteiger partial charge is 0.416 e. The number of aliphatic hydroxyl groups excluding tert-OH is 2. The number of nitrogens with zero attached hydrogens (tertiary/aromatic N) is 6. The number of allylic oxidation sites excluding steroid dienone is 3. The number of alkyl halides is 3. The van der Waals surface area contributed by atoms with Crippen LogP contribution in [0.5, 0.6) is 0 Å². The molecule has 218 valence electrons. The lowest BCUT2D eigenvalue weighted by molar-refractivity contribution is -0.0892. The van der Waals surface area contributed by atoms with Gasteiger partial charge < -0.3 is 35.2 Å². The molecule has 1 aliphatic carbocycles. The summed E-state index contributed by atoms with van der Waals surface area (Å²) in [7, 11) is 3.44. The molecule has 13 heteroatoms. The van der Waals surface area contributed by atoms with Crippen LogP contribution in [0.4, 0.5) is 36.3 Å². The van der Waals surface area contributed by atoms with Crippen LogP contribution in [0, 0.1) is 19.8 Å². The molecule has 0 fully saturated rings. The summed E-state index contributed by atoms with van der Waals surface area (Å²) in [6.45, 7) is 5.76. The molecule has 10 nitrogen and oxygen atoms in total. The second kappa shape index (κ2) is 10.7. The molecule has 3 heterocycles. The number of hydrogen-bond donors (Lipinski definition) is 4. The minimum Gasteiger partial charge on any atom is -0.370 e. The first-order valence-electron chi connectivity index (χ1n) is 13.1. The van der Waals surface area contributed by atoms with E-state index in [2.05, 4.69) is 25.6 Å². The van der Waals surface area contributed by atoms with Crippen molar-refractivity contribution in [2.24, 2.45) is 5.92 Å². The van der Waals surface area contributed by atoms with Crippen molar-refractivity contribution < 1.29 is 23.4 Å². The van der Waals surface area contributed by atoms with E-state index in [1.54, 1.807) is 66.8 Å². The quantitative estimate of drug-likeness (QED) is 0.325. The first kappa shape index (κ1) is 28.4. The Morgan fingerprint density at radius 2 is 1.93 bits per heavy atom. The maximum absolute atomic E-state index is 13.9. The molecule has 0 bridgehead atoms. The lowest BCUT2D eigenvalue weighted by Gasteiger charge is -2.42. The zero-order chi connectivity index (χ0) is 29.6. The van der Waals surface area contributed by atoms with Gasteiger partial charge >= 0.3 is 6.18 Å². The minimum atomic E-state index is -4.58. The molecule has 0 saturated carbocycles. The van der Waals surface area contributed by atoms with E-state index in [0.29, 0.717) is 35.4 Å². The summed E-state index contributed by atoms with van der Waals surface area (Å²) >= 11 is 0. The van der Waals surface area contributed by atoms with E-state index in [4.69, 9.17) is 0 Å². The van der Waals surface area contributed by atoms with E-state index in [0.717, 1.165) is 17.2 Å². The summed E-state index contributed by atoms with van der Waals surface area (Å²) in [6.07, 6.45) is 0.0390. The average Bonchev–Trinajstić information content (AvgIpc) is 3.37. The van der Waals surface area contributed by atoms with Gasteiger partial charge in [0, 0.05) is 49.3 Å². The molecule has 0 spiro atoms. The van der Waals surface area contributed by atoms with Gasteiger partial charge in [-0.2, -0.15) is 18.2 Å². The van der Waals surface area contributed by atoms with Crippen LogP contribution in [-0.4, -0.2) is 62.6 Å². The van der Waals surface area contributed by atoms with E-state index in [9.17, 15) is 23.4 Å². The molecule has 1 aliphatic heterocycles. The Hall–Kier alpha value is -4.10. The molecule has 5 rings (SSSR count). The van der Waals surface area contributed by atoms with E-state index >= 15 is 0 Å². The molecule has 4 N–H and O–H groups in total. The van der Waals surface area contributed by atoms with Gasteiger partial charge in [-0.1, -0.05) is 13.0 Å². The number of imidazole rings is 1. The number of rotatable bonds is 6. The summed E-state index contributed by atoms with van der Waals surface area (Å²) in [4.78, 5) is 16.3. The van der Waals surface area contributed by atoms with E-state index in [1.807, 2.05) is 13.0 Å². The number of aryl methyl sites for hydroxylation is 2. The van der Waals surface area contributed by atoms with Crippen molar-refractivity contribution >= 4 is 23.1 Å². The third-order valence-electron chi connectivity index (χ3n) is 7.62. The predicted molar refractivity (Wildman–Crippen MR) is 150 cm³/mol. The van der Waals surface area contributed by atoms with Crippen molar-refractivity contribution in [3.05, 3.63) is 77.0 Å². The Labute approximate surface area is 235 Å². The summed E-state index contributed by atoms with van der Waals surface area (Å²) < 4.78 is 43.2. The van der Waals surface area contributed by atoms with Gasteiger partial charge in [-0.05, 0) is 49.3 Å². The second-order valence-electron chi connectivity index (χ2n) is 10.4. The number of nitrogens with one attached hydrogen (secondary N) is 2. The van der Waals surface area contributed by atoms with Crippen LogP contribution in [0.2, 0.25) is 0 Å². The van der Waals surface area contributed by atoms with Crippen LogP contribution >= 0.6 is 0 Å². The van der Waals surface area contributed by atoms with Crippen molar-refractivity contribution in [2.45, 2.75) is 52.1 Å². The highest BCUT2D eigenvalue weighted by atomic mass is 19.4. The molecule has 0 saturated heterocycles. The number of aromatic nitrogens is 4. The van der Waals surface area contributed by atoms with Gasteiger partial charge in [-0.15, -0.1) is 0 Å². The number of benzene rings is 1. The maximum Gasteiger partial charge on any atom is 0.416 e. The third-order valence-corrected chi connectivity index (χ3v) is 7.62. The molecule has 1 aromatic carbocycles. The van der Waals surface area contributed by atoms with Gasteiger partial charge in [-0.25, -0.2) is 9.97 Å². The molecule has 3 aromatic rings. The van der Waals surface area contributed by atoms with E-state index < -0.39 is 36.3 Å². The summed E-state index contributed by atoms with van der Waals surface area (Å²) in [5.74, 6) is 0.580. The summed E-state index contributed by atoms with van der Waals surface area (Å²) in [6, 6.07) is 4.64. The van der Waals surface area contributed by atoms with Gasteiger partial charge in [0.15, 0.2) is 0 Å². The first-order valence-corrected chi connectivity index (χ1v) is 13.1. The van der Waals surface area contributed by atoms with Crippen LogP contribution in [0.3, 0.4) is 0 Å². The first-order chi connectivity index (χ1) is 19.4. The smallest absolute Gasteiger partial charge is 0.370 e. The minimum absolute atomic E-state index is 0.197. The van der Waals surface area contributed by atoms with Crippen LogP contribution in [0.15, 0.2) is 60.2 Å². The molecular formula is C28H33F3N8O2. The Balaban J connectivity index is 1.43. The van der Waals surface area contributed by atoms with Gasteiger partial charge in [0.2, 0.25) is 12.3 Å². The van der Waals surface area contributed by atoms with Crippen LogP contribution in [0.25, 0.3) is 0 Å². The third kappa shape index (κ3) is 5.46. The van der Waals surface area contributed by atoms with Gasteiger partial charge in [-0.3, -0.25) is 0 Å². The fourth-order valence-electron chi connectivity index (χ4n) is 5.31. The van der Waals surface area contributed by atoms with Crippen molar-refractivity contribution in [1.82, 2.24) is 19.5 Å². The van der Waals surface area contributed by atoms with E-state index in [-0.39, 0.29) is 5.57 Å². The number of aliphatic hydroxyl groups is 2. The molecule has 2 aliphatic rings. The maximum atomic E-state index is 13.9. The normalized spacial score (nSPS) is 21.7. The lowest BCUT2D eigenvalue weighted by atomic mass is 9.84. The standard InChI is InChI=1S/C28H33F3N8O2/c1-15-6-7-20(10-22(15)39-13-18-11-33-26(32-4)36-24(18)37(5)27(39)41)35-25(40)21-8-19(28(29,30)31)9-23(17(21)3)38-12-16(2)34-14-38/h6-12,14,17,23,25,27,35,40-41H,13H2,1-5H3,(H,32,33,36). The number of halogens is 3. The fourth-order valence-corrected chi connectivity index (χ4v) is 5.31. The van der Waals surface area contributed by atoms with Gasteiger partial charge in [0.05, 0.1) is 30.2 Å². The second-order valence-corrected chi connectivity index (χ2v) is 10.4. The van der Waals surface area contributed by atoms with Crippen LogP contribution in [0.1, 0.15) is 29.8 Å². The summed E-state index contributed by atoms with van der Waals surface area (Å²) in [5, 5.41) is 28.2. The van der Waals surface area contributed by atoms with Crippen LogP contribution in [-0.2, 0) is 6.54 Å². The number of fused-ring (bicyclic) bond motifs is 1. The zero-order valence-corrected chi connectivity index (χ0v) is 23.3. The van der Waals surface area contributed by atoms with E-state index in [1.165, 1.54) is 12.4 Å². The Morgan fingerprint density at radius 1 is 1.17 bits per heavy atom. The molecule has 4 unspecified atom stereocenters. The SMILES string of the molecule is CNc1ncc2c(n1)N(C)C(O)N(c1cc(NC(O)C3=CC(C(F)(F)F)=CC(n4cnc(C)c4)C3C)ccc1C)C2. The zero-order valence-electron chi connectivity index (χ0n) is 23.3. The Bertz CT molecular complexity index is 1500. The molecule has 0 radical (unpaired) electrons. The van der Waals surface area contributed by atoms with Crippen molar-refractivity contribution in [1.29, 1.82) is 0 Å². The Morgan fingerprint density at radius 3 is 2.59 bits per heavy atom. The van der Waals surface area contributed by atoms with Gasteiger partial charge in [0.25, 0.3) is 0 Å². The monoisotopic (exact) mass is 570 g/mol.